The van der Waals surface area contributed by atoms with Crippen LogP contribution in [0.5, 0.6) is 0 Å². The van der Waals surface area contributed by atoms with Crippen LogP contribution in [0, 0.1) is 0 Å². The number of carbonyl (C=O) groups is 1. The number of unbranched alkanes of at least 4 members (excludes halogenated alkanes) is 4. The first-order valence-electron chi connectivity index (χ1n) is 6.15. The monoisotopic (exact) mass is 264 g/mol. The highest BCUT2D eigenvalue weighted by Gasteiger charge is 2.03. The normalized spacial score (nSPS) is 11.3. The lowest BCUT2D eigenvalue weighted by molar-refractivity contribution is -0.139. The Morgan fingerprint density at radius 2 is 1.82 bits per heavy atom. The number of rotatable bonds is 10. The molecule has 0 aliphatic heterocycles. The minimum Gasteiger partial charge on any atom is -0.462 e. The fraction of sp³-hybridized carbons (Fsp3) is 0.750. The number of carbonyl (C=O) groups excluding carboxylic acids is 1. The van der Waals surface area contributed by atoms with Crippen LogP contribution >= 0.6 is 0 Å². The first kappa shape index (κ1) is 16.3. The summed E-state index contributed by atoms with van der Waals surface area (Å²) in [5.41, 5.74) is 0.418. The summed E-state index contributed by atoms with van der Waals surface area (Å²) in [4.78, 5) is 11.0. The number of hydrogen-bond acceptors (Lipinski definition) is 2. The van der Waals surface area contributed by atoms with Crippen molar-refractivity contribution in [1.29, 1.82) is 0 Å². The molecule has 0 amide bonds. The van der Waals surface area contributed by atoms with E-state index in [1.807, 2.05) is 0 Å². The van der Waals surface area contributed by atoms with Crippen molar-refractivity contribution in [2.45, 2.75) is 51.1 Å². The van der Waals surface area contributed by atoms with E-state index in [0.29, 0.717) is 12.2 Å². The molecule has 0 rings (SSSR count). The SMILES string of the molecule is C=C(C)C(=O)OCCCCCCC[SiH2]C(F)F. The van der Waals surface area contributed by atoms with Crippen molar-refractivity contribution < 1.29 is 18.3 Å². The molecular weight excluding hydrogens is 242 g/mol. The van der Waals surface area contributed by atoms with E-state index < -0.39 is 15.6 Å². The van der Waals surface area contributed by atoms with Crippen LogP contribution in [0.4, 0.5) is 8.78 Å². The van der Waals surface area contributed by atoms with E-state index >= 15 is 0 Å². The van der Waals surface area contributed by atoms with Crippen molar-refractivity contribution in [1.82, 2.24) is 0 Å². The summed E-state index contributed by atoms with van der Waals surface area (Å²) >= 11 is 0. The standard InChI is InChI=1S/C12H22F2O2Si/c1-10(2)11(15)16-8-6-4-3-5-7-9-17-12(13)14/h12H,1,3-9,17H2,2H3. The van der Waals surface area contributed by atoms with Gasteiger partial charge in [-0.2, -0.15) is 0 Å². The van der Waals surface area contributed by atoms with Gasteiger partial charge < -0.3 is 4.74 Å². The van der Waals surface area contributed by atoms with Crippen molar-refractivity contribution in [2.75, 3.05) is 6.61 Å². The first-order chi connectivity index (χ1) is 8.04. The van der Waals surface area contributed by atoms with Crippen LogP contribution in [-0.4, -0.2) is 28.1 Å². The Labute approximate surface area is 104 Å². The number of hydrogen-bond donors (Lipinski definition) is 0. The number of halogens is 2. The highest BCUT2D eigenvalue weighted by molar-refractivity contribution is 6.36. The minimum atomic E-state index is -2.03. The molecule has 0 aromatic carbocycles. The molecule has 0 aliphatic rings. The Morgan fingerprint density at radius 1 is 1.24 bits per heavy atom. The molecule has 0 spiro atoms. The molecule has 2 nitrogen and oxygen atoms in total. The zero-order valence-electron chi connectivity index (χ0n) is 10.5. The summed E-state index contributed by atoms with van der Waals surface area (Å²) in [5.74, 6) is -0.340. The summed E-state index contributed by atoms with van der Waals surface area (Å²) in [7, 11) is -1.13. The average molecular weight is 264 g/mol. The van der Waals surface area contributed by atoms with Gasteiger partial charge in [0.2, 0.25) is 6.05 Å². The number of alkyl halides is 2. The Balaban J connectivity index is 3.14. The molecule has 0 bridgehead atoms. The van der Waals surface area contributed by atoms with Crippen LogP contribution in [0.1, 0.15) is 39.0 Å². The summed E-state index contributed by atoms with van der Waals surface area (Å²) in [6, 6.07) is -1.29. The molecule has 17 heavy (non-hydrogen) atoms. The van der Waals surface area contributed by atoms with Gasteiger partial charge in [0.05, 0.1) is 6.61 Å². The lowest BCUT2D eigenvalue weighted by Gasteiger charge is -2.04. The second-order valence-electron chi connectivity index (χ2n) is 4.22. The second kappa shape index (κ2) is 10.4. The molecule has 0 aromatic heterocycles. The Bertz CT molecular complexity index is 233. The molecule has 0 heterocycles. The summed E-state index contributed by atoms with van der Waals surface area (Å²) < 4.78 is 28.6. The van der Waals surface area contributed by atoms with Gasteiger partial charge in [-0.1, -0.05) is 38.3 Å². The van der Waals surface area contributed by atoms with E-state index in [-0.39, 0.29) is 5.97 Å². The molecule has 0 atom stereocenters. The third-order valence-electron chi connectivity index (χ3n) is 2.40. The number of ether oxygens (including phenoxy) is 1. The first-order valence-corrected chi connectivity index (χ1v) is 7.96. The van der Waals surface area contributed by atoms with E-state index in [0.717, 1.165) is 38.1 Å². The molecule has 0 aliphatic carbocycles. The molecule has 0 fully saturated rings. The van der Waals surface area contributed by atoms with Crippen molar-refractivity contribution in [3.63, 3.8) is 0 Å². The van der Waals surface area contributed by atoms with Gasteiger partial charge >= 0.3 is 5.97 Å². The molecule has 0 saturated carbocycles. The van der Waals surface area contributed by atoms with E-state index in [1.54, 1.807) is 6.92 Å². The minimum absolute atomic E-state index is 0.340. The summed E-state index contributed by atoms with van der Waals surface area (Å²) in [6.07, 6.45) is 4.78. The maximum absolute atomic E-state index is 11.9. The molecule has 0 unspecified atom stereocenters. The molecule has 0 radical (unpaired) electrons. The van der Waals surface area contributed by atoms with Crippen molar-refractivity contribution in [2.24, 2.45) is 0 Å². The molecule has 0 aromatic rings. The van der Waals surface area contributed by atoms with Crippen LogP contribution in [0.15, 0.2) is 12.2 Å². The molecule has 0 N–H and O–H groups in total. The average Bonchev–Trinajstić information content (AvgIpc) is 2.25. The van der Waals surface area contributed by atoms with Gasteiger partial charge in [0, 0.05) is 5.57 Å². The van der Waals surface area contributed by atoms with Crippen LogP contribution < -0.4 is 0 Å². The van der Waals surface area contributed by atoms with Gasteiger partial charge in [-0.05, 0) is 13.3 Å². The Hall–Kier alpha value is -0.713. The van der Waals surface area contributed by atoms with Gasteiger partial charge in [-0.15, -0.1) is 0 Å². The Morgan fingerprint density at radius 3 is 2.41 bits per heavy atom. The summed E-state index contributed by atoms with van der Waals surface area (Å²) in [6.45, 7) is 5.53. The van der Waals surface area contributed by atoms with Crippen molar-refractivity contribution in [3.8, 4) is 0 Å². The van der Waals surface area contributed by atoms with Crippen LogP contribution in [0.25, 0.3) is 0 Å². The van der Waals surface area contributed by atoms with Gasteiger partial charge in [0.25, 0.3) is 0 Å². The predicted octanol–water partition coefficient (Wildman–Crippen LogP) is 2.87. The van der Waals surface area contributed by atoms with Gasteiger partial charge in [-0.3, -0.25) is 0 Å². The van der Waals surface area contributed by atoms with Gasteiger partial charge in [0.1, 0.15) is 9.52 Å². The highest BCUT2D eigenvalue weighted by Crippen LogP contribution is 2.07. The zero-order chi connectivity index (χ0) is 13.1. The van der Waals surface area contributed by atoms with Crippen LogP contribution in [-0.2, 0) is 9.53 Å². The van der Waals surface area contributed by atoms with E-state index in [9.17, 15) is 13.6 Å². The maximum Gasteiger partial charge on any atom is 0.333 e. The van der Waals surface area contributed by atoms with Gasteiger partial charge in [0.15, 0.2) is 0 Å². The topological polar surface area (TPSA) is 26.3 Å². The molecule has 0 saturated heterocycles. The largest absolute Gasteiger partial charge is 0.462 e. The predicted molar refractivity (Wildman–Crippen MR) is 68.2 cm³/mol. The third-order valence-corrected chi connectivity index (χ3v) is 3.74. The maximum atomic E-state index is 11.9. The van der Waals surface area contributed by atoms with Gasteiger partial charge in [-0.25, -0.2) is 13.6 Å². The van der Waals surface area contributed by atoms with E-state index in [2.05, 4.69) is 6.58 Å². The molecule has 5 heteroatoms. The van der Waals surface area contributed by atoms with E-state index in [1.165, 1.54) is 0 Å². The van der Waals surface area contributed by atoms with E-state index in [4.69, 9.17) is 4.74 Å². The quantitative estimate of drug-likeness (QED) is 0.262. The third kappa shape index (κ3) is 11.5. The second-order valence-corrected chi connectivity index (χ2v) is 6.12. The lowest BCUT2D eigenvalue weighted by Crippen LogP contribution is -2.06. The summed E-state index contributed by atoms with van der Waals surface area (Å²) in [5, 5.41) is 0. The van der Waals surface area contributed by atoms with Crippen LogP contribution in [0.3, 0.4) is 0 Å². The van der Waals surface area contributed by atoms with Crippen LogP contribution in [0.2, 0.25) is 6.04 Å². The van der Waals surface area contributed by atoms with Crippen molar-refractivity contribution in [3.05, 3.63) is 12.2 Å². The Kier molecular flexibility index (Phi) is 10.0. The highest BCUT2D eigenvalue weighted by atomic mass is 28.2. The number of esters is 1. The molecule has 100 valence electrons. The lowest BCUT2D eigenvalue weighted by atomic mass is 10.2. The molecular formula is C12H22F2O2Si. The van der Waals surface area contributed by atoms with Crippen molar-refractivity contribution >= 4 is 15.5 Å². The fourth-order valence-corrected chi connectivity index (χ4v) is 2.35. The smallest absolute Gasteiger partial charge is 0.333 e. The fourth-order valence-electron chi connectivity index (χ4n) is 1.40. The zero-order valence-corrected chi connectivity index (χ0v) is 11.9.